The summed E-state index contributed by atoms with van der Waals surface area (Å²) in [5.41, 5.74) is 3.69. The van der Waals surface area contributed by atoms with Crippen molar-refractivity contribution in [3.63, 3.8) is 0 Å². The molecule has 0 spiro atoms. The summed E-state index contributed by atoms with van der Waals surface area (Å²) >= 11 is 9.18. The van der Waals surface area contributed by atoms with Gasteiger partial charge in [0.15, 0.2) is 0 Å². The van der Waals surface area contributed by atoms with E-state index in [0.29, 0.717) is 6.42 Å². The average molecular weight is 426 g/mol. The van der Waals surface area contributed by atoms with Crippen LogP contribution >= 0.6 is 34.3 Å². The molecule has 28 heavy (non-hydrogen) atoms. The van der Waals surface area contributed by atoms with Crippen LogP contribution in [0.5, 0.6) is 0 Å². The monoisotopic (exact) mass is 425 g/mol. The zero-order chi connectivity index (χ0) is 19.3. The predicted octanol–water partition coefficient (Wildman–Crippen LogP) is 5.69. The summed E-state index contributed by atoms with van der Waals surface area (Å²) in [6, 6.07) is 15.4. The normalized spacial score (nSPS) is 10.8. The standard InChI is InChI=1S/C21H16ClN3OS2/c22-16-3-1-2-14(10-16)11-20-25-18(13-28-20)12-19(26)24-17-6-4-15(5-7-17)21-23-8-9-27-21/h1-10,13H,11-12H2,(H,24,26). The molecule has 0 unspecified atom stereocenters. The summed E-state index contributed by atoms with van der Waals surface area (Å²) in [5.74, 6) is -0.0818. The molecule has 0 aliphatic carbocycles. The minimum Gasteiger partial charge on any atom is -0.326 e. The van der Waals surface area contributed by atoms with Gasteiger partial charge in [0.2, 0.25) is 5.91 Å². The Morgan fingerprint density at radius 2 is 1.96 bits per heavy atom. The van der Waals surface area contributed by atoms with Crippen molar-refractivity contribution in [3.05, 3.63) is 86.8 Å². The van der Waals surface area contributed by atoms with Crippen LogP contribution in [0.4, 0.5) is 5.69 Å². The highest BCUT2D eigenvalue weighted by Crippen LogP contribution is 2.23. The van der Waals surface area contributed by atoms with E-state index in [1.165, 1.54) is 0 Å². The second-order valence-electron chi connectivity index (χ2n) is 6.18. The van der Waals surface area contributed by atoms with E-state index in [1.54, 1.807) is 28.9 Å². The summed E-state index contributed by atoms with van der Waals surface area (Å²) in [5, 5.41) is 9.45. The zero-order valence-electron chi connectivity index (χ0n) is 14.8. The summed E-state index contributed by atoms with van der Waals surface area (Å²) in [6.45, 7) is 0. The average Bonchev–Trinajstić information content (AvgIpc) is 3.35. The SMILES string of the molecule is O=C(Cc1csc(Cc2cccc(Cl)c2)n1)Nc1ccc(-c2nccs2)cc1. The summed E-state index contributed by atoms with van der Waals surface area (Å²) in [7, 11) is 0. The Hall–Kier alpha value is -2.54. The third kappa shape index (κ3) is 4.84. The molecule has 140 valence electrons. The first-order chi connectivity index (χ1) is 13.7. The number of aromatic nitrogens is 2. The maximum atomic E-state index is 12.3. The van der Waals surface area contributed by atoms with Crippen molar-refractivity contribution in [2.45, 2.75) is 12.8 Å². The maximum absolute atomic E-state index is 12.3. The van der Waals surface area contributed by atoms with Crippen molar-refractivity contribution in [1.29, 1.82) is 0 Å². The van der Waals surface area contributed by atoms with E-state index in [1.807, 2.05) is 59.3 Å². The van der Waals surface area contributed by atoms with E-state index >= 15 is 0 Å². The molecule has 7 heteroatoms. The number of rotatable bonds is 6. The molecule has 0 bridgehead atoms. The number of halogens is 1. The van der Waals surface area contributed by atoms with Gasteiger partial charge in [-0.3, -0.25) is 4.79 Å². The molecule has 2 aromatic carbocycles. The highest BCUT2D eigenvalue weighted by molar-refractivity contribution is 7.13. The number of hydrogen-bond acceptors (Lipinski definition) is 5. The minimum atomic E-state index is -0.0818. The van der Waals surface area contributed by atoms with Gasteiger partial charge in [-0.05, 0) is 42.0 Å². The predicted molar refractivity (Wildman–Crippen MR) is 116 cm³/mol. The second-order valence-corrected chi connectivity index (χ2v) is 8.45. The van der Waals surface area contributed by atoms with E-state index in [4.69, 9.17) is 11.6 Å². The molecule has 0 atom stereocenters. The number of nitrogens with one attached hydrogen (secondary N) is 1. The van der Waals surface area contributed by atoms with Crippen LogP contribution in [0, 0.1) is 0 Å². The van der Waals surface area contributed by atoms with Crippen LogP contribution in [0.1, 0.15) is 16.3 Å². The number of carbonyl (C=O) groups is 1. The first kappa shape index (κ1) is 18.8. The quantitative estimate of drug-likeness (QED) is 0.431. The maximum Gasteiger partial charge on any atom is 0.230 e. The van der Waals surface area contributed by atoms with Gasteiger partial charge in [0, 0.05) is 39.7 Å². The third-order valence-corrected chi connectivity index (χ3v) is 5.99. The Labute approximate surface area is 175 Å². The number of hydrogen-bond donors (Lipinski definition) is 1. The topological polar surface area (TPSA) is 54.9 Å². The largest absolute Gasteiger partial charge is 0.326 e. The minimum absolute atomic E-state index is 0.0818. The van der Waals surface area contributed by atoms with E-state index in [9.17, 15) is 4.79 Å². The number of thiazole rings is 2. The molecule has 0 saturated heterocycles. The van der Waals surface area contributed by atoms with Crippen LogP contribution in [0.15, 0.2) is 65.5 Å². The molecule has 0 fully saturated rings. The number of anilines is 1. The Balaban J connectivity index is 1.34. The van der Waals surface area contributed by atoms with Crippen molar-refractivity contribution in [1.82, 2.24) is 9.97 Å². The highest BCUT2D eigenvalue weighted by Gasteiger charge is 2.09. The van der Waals surface area contributed by atoms with Crippen molar-refractivity contribution < 1.29 is 4.79 Å². The molecule has 0 radical (unpaired) electrons. The number of nitrogens with zero attached hydrogens (tertiary/aromatic N) is 2. The molecular weight excluding hydrogens is 410 g/mol. The van der Waals surface area contributed by atoms with Crippen LogP contribution in [0.2, 0.25) is 5.02 Å². The van der Waals surface area contributed by atoms with E-state index in [0.717, 1.165) is 37.5 Å². The third-order valence-electron chi connectivity index (χ3n) is 4.03. The highest BCUT2D eigenvalue weighted by atomic mass is 35.5. The number of amides is 1. The van der Waals surface area contributed by atoms with Crippen molar-refractivity contribution >= 4 is 45.9 Å². The molecule has 2 aromatic heterocycles. The van der Waals surface area contributed by atoms with Gasteiger partial charge in [-0.15, -0.1) is 22.7 Å². The van der Waals surface area contributed by atoms with Crippen molar-refractivity contribution in [3.8, 4) is 10.6 Å². The first-order valence-corrected chi connectivity index (χ1v) is 10.8. The van der Waals surface area contributed by atoms with E-state index in [2.05, 4.69) is 15.3 Å². The Morgan fingerprint density at radius 1 is 1.11 bits per heavy atom. The fraction of sp³-hybridized carbons (Fsp3) is 0.0952. The van der Waals surface area contributed by atoms with Crippen LogP contribution in [0.3, 0.4) is 0 Å². The Bertz CT molecular complexity index is 1080. The lowest BCUT2D eigenvalue weighted by Gasteiger charge is -2.05. The molecule has 4 nitrogen and oxygen atoms in total. The second kappa shape index (κ2) is 8.65. The van der Waals surface area contributed by atoms with Gasteiger partial charge < -0.3 is 5.32 Å². The van der Waals surface area contributed by atoms with Gasteiger partial charge in [-0.25, -0.2) is 9.97 Å². The van der Waals surface area contributed by atoms with E-state index in [-0.39, 0.29) is 12.3 Å². The Kier molecular flexibility index (Phi) is 5.81. The lowest BCUT2D eigenvalue weighted by Crippen LogP contribution is -2.14. The fourth-order valence-corrected chi connectivity index (χ4v) is 4.45. The van der Waals surface area contributed by atoms with E-state index < -0.39 is 0 Å². The van der Waals surface area contributed by atoms with Crippen molar-refractivity contribution in [2.24, 2.45) is 0 Å². The van der Waals surface area contributed by atoms with Crippen LogP contribution in [-0.4, -0.2) is 15.9 Å². The number of benzene rings is 2. The molecule has 1 N–H and O–H groups in total. The number of carbonyl (C=O) groups excluding carboxylic acids is 1. The lowest BCUT2D eigenvalue weighted by molar-refractivity contribution is -0.115. The molecule has 0 saturated carbocycles. The zero-order valence-corrected chi connectivity index (χ0v) is 17.2. The van der Waals surface area contributed by atoms with Crippen molar-refractivity contribution in [2.75, 3.05) is 5.32 Å². The molecule has 1 amide bonds. The first-order valence-electron chi connectivity index (χ1n) is 8.63. The van der Waals surface area contributed by atoms with Gasteiger partial charge in [-0.2, -0.15) is 0 Å². The van der Waals surface area contributed by atoms with Gasteiger partial charge in [-0.1, -0.05) is 23.7 Å². The lowest BCUT2D eigenvalue weighted by atomic mass is 10.2. The summed E-state index contributed by atoms with van der Waals surface area (Å²) in [6.07, 6.45) is 2.75. The summed E-state index contributed by atoms with van der Waals surface area (Å²) < 4.78 is 0. The molecule has 2 heterocycles. The smallest absolute Gasteiger partial charge is 0.230 e. The molecule has 4 rings (SSSR count). The van der Waals surface area contributed by atoms with Gasteiger partial charge in [0.25, 0.3) is 0 Å². The Morgan fingerprint density at radius 3 is 2.71 bits per heavy atom. The van der Waals surface area contributed by atoms with Gasteiger partial charge in [0.1, 0.15) is 5.01 Å². The fourth-order valence-electron chi connectivity index (χ4n) is 2.76. The summed E-state index contributed by atoms with van der Waals surface area (Å²) in [4.78, 5) is 21.2. The van der Waals surface area contributed by atoms with Gasteiger partial charge in [0.05, 0.1) is 17.1 Å². The van der Waals surface area contributed by atoms with Crippen LogP contribution in [0.25, 0.3) is 10.6 Å². The molecule has 0 aliphatic heterocycles. The molecule has 4 aromatic rings. The molecular formula is C21H16ClN3OS2. The van der Waals surface area contributed by atoms with Gasteiger partial charge >= 0.3 is 0 Å². The molecule has 0 aliphatic rings. The van der Waals surface area contributed by atoms with Crippen LogP contribution in [-0.2, 0) is 17.6 Å². The van der Waals surface area contributed by atoms with Crippen LogP contribution < -0.4 is 5.32 Å².